The number of rotatable bonds is 2. The summed E-state index contributed by atoms with van der Waals surface area (Å²) in [5.41, 5.74) is 4.68. The Morgan fingerprint density at radius 2 is 2.26 bits per heavy atom. The molecule has 0 saturated heterocycles. The predicted molar refractivity (Wildman–Crippen MR) is 71.8 cm³/mol. The van der Waals surface area contributed by atoms with E-state index in [1.807, 2.05) is 12.1 Å². The first kappa shape index (κ1) is 11.9. The van der Waals surface area contributed by atoms with Crippen molar-refractivity contribution in [2.24, 2.45) is 0 Å². The number of hydrogen-bond acceptors (Lipinski definition) is 4. The van der Waals surface area contributed by atoms with Crippen LogP contribution < -0.4 is 10.5 Å². The third kappa shape index (κ3) is 1.92. The number of benzene rings is 1. The van der Waals surface area contributed by atoms with Gasteiger partial charge in [0.05, 0.1) is 18.5 Å². The Morgan fingerprint density at radius 3 is 3.05 bits per heavy atom. The van der Waals surface area contributed by atoms with Gasteiger partial charge in [0.1, 0.15) is 0 Å². The number of hydrogen-bond donors (Lipinski definition) is 2. The van der Waals surface area contributed by atoms with E-state index in [4.69, 9.17) is 0 Å². The van der Waals surface area contributed by atoms with E-state index in [2.05, 4.69) is 21.2 Å². The Morgan fingerprint density at radius 1 is 1.42 bits per heavy atom. The lowest BCUT2D eigenvalue weighted by Gasteiger charge is -2.18. The highest BCUT2D eigenvalue weighted by molar-refractivity contribution is 5.55. The lowest BCUT2D eigenvalue weighted by Crippen LogP contribution is -2.21. The van der Waals surface area contributed by atoms with Gasteiger partial charge in [-0.1, -0.05) is 18.2 Å². The number of aliphatic hydroxyl groups is 1. The number of nitrogens with one attached hydrogen (secondary N) is 1. The van der Waals surface area contributed by atoms with Crippen LogP contribution in [0.1, 0.15) is 22.3 Å². The monoisotopic (exact) mass is 257 g/mol. The first-order valence-electron chi connectivity index (χ1n) is 6.20. The highest BCUT2D eigenvalue weighted by atomic mass is 16.3. The van der Waals surface area contributed by atoms with Crippen LogP contribution in [-0.2, 0) is 19.7 Å². The molecule has 0 radical (unpaired) electrons. The van der Waals surface area contributed by atoms with E-state index < -0.39 is 0 Å². The molecule has 1 aromatic heterocycles. The van der Waals surface area contributed by atoms with Crippen molar-refractivity contribution in [3.63, 3.8) is 0 Å². The van der Waals surface area contributed by atoms with Crippen molar-refractivity contribution in [3.8, 4) is 0 Å². The van der Waals surface area contributed by atoms with Gasteiger partial charge in [0, 0.05) is 18.7 Å². The summed E-state index contributed by atoms with van der Waals surface area (Å²) >= 11 is 0. The van der Waals surface area contributed by atoms with Crippen LogP contribution in [0.2, 0.25) is 0 Å². The summed E-state index contributed by atoms with van der Waals surface area (Å²) in [6, 6.07) is 5.95. The lowest BCUT2D eigenvalue weighted by atomic mass is 10.0. The highest BCUT2D eigenvalue weighted by Crippen LogP contribution is 2.30. The Bertz CT molecular complexity index is 679. The summed E-state index contributed by atoms with van der Waals surface area (Å²) in [7, 11) is 0. The number of H-pyrrole nitrogens is 1. The Kier molecular flexibility index (Phi) is 2.83. The molecule has 0 saturated carbocycles. The second kappa shape index (κ2) is 4.51. The molecule has 5 heteroatoms. The average Bonchev–Trinajstić information content (AvgIpc) is 2.85. The largest absolute Gasteiger partial charge is 0.392 e. The van der Waals surface area contributed by atoms with Gasteiger partial charge in [0.25, 0.3) is 5.56 Å². The zero-order valence-corrected chi connectivity index (χ0v) is 10.7. The Hall–Kier alpha value is -2.14. The topological polar surface area (TPSA) is 69.2 Å². The van der Waals surface area contributed by atoms with E-state index in [0.29, 0.717) is 12.1 Å². The molecule has 1 aliphatic rings. The summed E-state index contributed by atoms with van der Waals surface area (Å²) in [6.07, 6.45) is 1.68. The smallest absolute Gasteiger partial charge is 0.269 e. The molecule has 1 aliphatic heterocycles. The van der Waals surface area contributed by atoms with Crippen LogP contribution in [-0.4, -0.2) is 15.3 Å². The minimum atomic E-state index is -0.157. The van der Waals surface area contributed by atoms with Crippen molar-refractivity contribution in [1.29, 1.82) is 0 Å². The quantitative estimate of drug-likeness (QED) is 0.845. The van der Waals surface area contributed by atoms with E-state index in [9.17, 15) is 9.90 Å². The molecule has 3 rings (SSSR count). The van der Waals surface area contributed by atoms with Gasteiger partial charge in [0.2, 0.25) is 0 Å². The summed E-state index contributed by atoms with van der Waals surface area (Å²) in [5, 5.41) is 15.7. The molecule has 0 aliphatic carbocycles. The minimum Gasteiger partial charge on any atom is -0.392 e. The molecule has 2 heterocycles. The second-order valence-corrected chi connectivity index (χ2v) is 4.78. The molecule has 0 fully saturated rings. The van der Waals surface area contributed by atoms with Gasteiger partial charge in [-0.2, -0.15) is 5.10 Å². The molecule has 0 unspecified atom stereocenters. The number of aromatic nitrogens is 2. The average molecular weight is 257 g/mol. The Balaban J connectivity index is 2.00. The van der Waals surface area contributed by atoms with Gasteiger partial charge in [-0.25, -0.2) is 5.10 Å². The van der Waals surface area contributed by atoms with Crippen LogP contribution in [0.4, 0.5) is 5.69 Å². The molecule has 19 heavy (non-hydrogen) atoms. The normalized spacial score (nSPS) is 13.7. The summed E-state index contributed by atoms with van der Waals surface area (Å²) in [4.78, 5) is 13.7. The maximum atomic E-state index is 11.6. The fourth-order valence-corrected chi connectivity index (χ4v) is 2.58. The van der Waals surface area contributed by atoms with Crippen molar-refractivity contribution in [1.82, 2.24) is 10.2 Å². The van der Waals surface area contributed by atoms with Crippen molar-refractivity contribution < 1.29 is 5.11 Å². The van der Waals surface area contributed by atoms with E-state index >= 15 is 0 Å². The standard InChI is InChI=1S/C14H15N3O2/c1-9-13(5-15-16-14(9)19)17-6-10-3-2-4-11(8-18)12(10)7-17/h2-5,18H,6-8H2,1H3,(H,16,19). The first-order valence-corrected chi connectivity index (χ1v) is 6.20. The number of aromatic amines is 1. The van der Waals surface area contributed by atoms with E-state index in [1.165, 1.54) is 5.56 Å². The first-order chi connectivity index (χ1) is 9.20. The van der Waals surface area contributed by atoms with Crippen molar-refractivity contribution in [3.05, 3.63) is 57.0 Å². The fraction of sp³-hybridized carbons (Fsp3) is 0.286. The van der Waals surface area contributed by atoms with Crippen LogP contribution in [0.5, 0.6) is 0 Å². The molecule has 5 nitrogen and oxygen atoms in total. The van der Waals surface area contributed by atoms with Gasteiger partial charge in [0.15, 0.2) is 0 Å². The molecular weight excluding hydrogens is 242 g/mol. The molecular formula is C14H15N3O2. The van der Waals surface area contributed by atoms with Crippen LogP contribution in [0.15, 0.2) is 29.2 Å². The summed E-state index contributed by atoms with van der Waals surface area (Å²) < 4.78 is 0. The zero-order valence-electron chi connectivity index (χ0n) is 10.7. The number of aliphatic hydroxyl groups excluding tert-OH is 1. The molecule has 0 spiro atoms. The number of anilines is 1. The third-order valence-corrected chi connectivity index (χ3v) is 3.67. The zero-order chi connectivity index (χ0) is 13.4. The summed E-state index contributed by atoms with van der Waals surface area (Å²) in [6.45, 7) is 3.29. The van der Waals surface area contributed by atoms with E-state index in [0.717, 1.165) is 23.4 Å². The maximum absolute atomic E-state index is 11.6. The van der Waals surface area contributed by atoms with Gasteiger partial charge >= 0.3 is 0 Å². The van der Waals surface area contributed by atoms with Crippen LogP contribution in [0.3, 0.4) is 0 Å². The van der Waals surface area contributed by atoms with Crippen molar-refractivity contribution in [2.45, 2.75) is 26.6 Å². The molecule has 0 atom stereocenters. The molecule has 1 aromatic carbocycles. The molecule has 0 bridgehead atoms. The van der Waals surface area contributed by atoms with E-state index in [1.54, 1.807) is 13.1 Å². The predicted octanol–water partition coefficient (Wildman–Crippen LogP) is 1.09. The fourth-order valence-electron chi connectivity index (χ4n) is 2.58. The van der Waals surface area contributed by atoms with E-state index in [-0.39, 0.29) is 12.2 Å². The van der Waals surface area contributed by atoms with Crippen LogP contribution >= 0.6 is 0 Å². The van der Waals surface area contributed by atoms with Gasteiger partial charge in [-0.05, 0) is 23.6 Å². The van der Waals surface area contributed by atoms with Gasteiger partial charge in [-0.15, -0.1) is 0 Å². The van der Waals surface area contributed by atoms with Crippen molar-refractivity contribution in [2.75, 3.05) is 4.90 Å². The maximum Gasteiger partial charge on any atom is 0.269 e. The highest BCUT2D eigenvalue weighted by Gasteiger charge is 2.23. The number of fused-ring (bicyclic) bond motifs is 1. The number of nitrogens with zero attached hydrogens (tertiary/aromatic N) is 2. The minimum absolute atomic E-state index is 0.0453. The van der Waals surface area contributed by atoms with Gasteiger partial charge < -0.3 is 10.0 Å². The van der Waals surface area contributed by atoms with Crippen molar-refractivity contribution >= 4 is 5.69 Å². The molecule has 2 aromatic rings. The van der Waals surface area contributed by atoms with Crippen LogP contribution in [0.25, 0.3) is 0 Å². The lowest BCUT2D eigenvalue weighted by molar-refractivity contribution is 0.280. The third-order valence-electron chi connectivity index (χ3n) is 3.67. The SMILES string of the molecule is Cc1c(N2Cc3cccc(CO)c3C2)cn[nH]c1=O. The van der Waals surface area contributed by atoms with Crippen LogP contribution in [0, 0.1) is 6.92 Å². The molecule has 0 amide bonds. The molecule has 98 valence electrons. The Labute approximate surface area is 110 Å². The molecule has 2 N–H and O–H groups in total. The second-order valence-electron chi connectivity index (χ2n) is 4.78. The summed E-state index contributed by atoms with van der Waals surface area (Å²) in [5.74, 6) is 0. The van der Waals surface area contributed by atoms with Gasteiger partial charge in [-0.3, -0.25) is 4.79 Å².